The summed E-state index contributed by atoms with van der Waals surface area (Å²) in [4.78, 5) is 13.4. The van der Waals surface area contributed by atoms with Crippen molar-refractivity contribution in [2.75, 3.05) is 6.54 Å². The molecule has 1 amide bonds. The number of hydrogen-bond acceptors (Lipinski definition) is 4. The molecule has 0 saturated heterocycles. The minimum atomic E-state index is -0.200. The molecular formula is C9H13N5O. The minimum absolute atomic E-state index is 0.0440. The highest BCUT2D eigenvalue weighted by Gasteiger charge is 2.20. The number of carbonyl (C=O) groups is 1. The van der Waals surface area contributed by atoms with Gasteiger partial charge in [-0.2, -0.15) is 20.7 Å². The number of amides is 1. The molecule has 1 aromatic rings. The highest BCUT2D eigenvalue weighted by molar-refractivity contribution is 5.92. The lowest BCUT2D eigenvalue weighted by molar-refractivity contribution is 0.0704. The number of rotatable bonds is 4. The molecule has 0 aliphatic rings. The SMILES string of the molecule is CC(C)N(CCC#N)C(=O)c1cn[nH]n1. The largest absolute Gasteiger partial charge is 0.334 e. The Bertz CT molecular complexity index is 351. The molecule has 6 heteroatoms. The number of nitrogens with zero attached hydrogens (tertiary/aromatic N) is 4. The number of aromatic nitrogens is 3. The van der Waals surface area contributed by atoms with E-state index in [1.165, 1.54) is 6.20 Å². The fourth-order valence-corrected chi connectivity index (χ4v) is 1.22. The Morgan fingerprint density at radius 1 is 1.73 bits per heavy atom. The van der Waals surface area contributed by atoms with Crippen LogP contribution in [0.1, 0.15) is 30.8 Å². The predicted molar refractivity (Wildman–Crippen MR) is 52.8 cm³/mol. The van der Waals surface area contributed by atoms with E-state index in [9.17, 15) is 4.79 Å². The molecule has 0 aliphatic heterocycles. The van der Waals surface area contributed by atoms with Gasteiger partial charge in [0, 0.05) is 12.6 Å². The van der Waals surface area contributed by atoms with Gasteiger partial charge in [-0.3, -0.25) is 4.79 Å². The highest BCUT2D eigenvalue weighted by atomic mass is 16.2. The predicted octanol–water partition coefficient (Wildman–Crippen LogP) is 0.569. The van der Waals surface area contributed by atoms with Crippen LogP contribution in [0.4, 0.5) is 0 Å². The second kappa shape index (κ2) is 5.10. The van der Waals surface area contributed by atoms with E-state index in [0.717, 1.165) is 0 Å². The second-order valence-corrected chi connectivity index (χ2v) is 3.36. The average molecular weight is 207 g/mol. The summed E-state index contributed by atoms with van der Waals surface area (Å²) in [6, 6.07) is 2.06. The van der Waals surface area contributed by atoms with Gasteiger partial charge in [-0.1, -0.05) is 0 Å². The summed E-state index contributed by atoms with van der Waals surface area (Å²) >= 11 is 0. The zero-order valence-corrected chi connectivity index (χ0v) is 8.77. The number of H-pyrrole nitrogens is 1. The molecule has 0 fully saturated rings. The van der Waals surface area contributed by atoms with E-state index in [-0.39, 0.29) is 17.6 Å². The first-order valence-corrected chi connectivity index (χ1v) is 4.70. The molecule has 1 N–H and O–H groups in total. The van der Waals surface area contributed by atoms with Gasteiger partial charge < -0.3 is 4.90 Å². The maximum absolute atomic E-state index is 11.8. The lowest BCUT2D eigenvalue weighted by Crippen LogP contribution is -2.37. The summed E-state index contributed by atoms with van der Waals surface area (Å²) in [5, 5.41) is 18.2. The molecule has 6 nitrogen and oxygen atoms in total. The van der Waals surface area contributed by atoms with Crippen molar-refractivity contribution >= 4 is 5.91 Å². The first kappa shape index (κ1) is 11.2. The molecule has 80 valence electrons. The van der Waals surface area contributed by atoms with Gasteiger partial charge in [-0.15, -0.1) is 0 Å². The van der Waals surface area contributed by atoms with Gasteiger partial charge in [-0.25, -0.2) is 0 Å². The third kappa shape index (κ3) is 2.77. The minimum Gasteiger partial charge on any atom is -0.334 e. The van der Waals surface area contributed by atoms with Gasteiger partial charge in [-0.05, 0) is 13.8 Å². The van der Waals surface area contributed by atoms with Crippen molar-refractivity contribution in [2.24, 2.45) is 0 Å². The normalized spacial score (nSPS) is 10.0. The van der Waals surface area contributed by atoms with E-state index in [1.807, 2.05) is 19.9 Å². The number of nitriles is 1. The highest BCUT2D eigenvalue weighted by Crippen LogP contribution is 2.05. The summed E-state index contributed by atoms with van der Waals surface area (Å²) in [6.45, 7) is 4.21. The topological polar surface area (TPSA) is 85.7 Å². The number of carbonyl (C=O) groups excluding carboxylic acids is 1. The van der Waals surface area contributed by atoms with Crippen molar-refractivity contribution in [3.63, 3.8) is 0 Å². The molecule has 0 aliphatic carbocycles. The van der Waals surface area contributed by atoms with Crippen LogP contribution in [-0.2, 0) is 0 Å². The van der Waals surface area contributed by atoms with Gasteiger partial charge in [0.15, 0.2) is 5.69 Å². The van der Waals surface area contributed by atoms with Gasteiger partial charge >= 0.3 is 0 Å². The summed E-state index contributed by atoms with van der Waals surface area (Å²) < 4.78 is 0. The van der Waals surface area contributed by atoms with Crippen LogP contribution in [0.25, 0.3) is 0 Å². The molecule has 0 bridgehead atoms. The Kier molecular flexibility index (Phi) is 3.80. The van der Waals surface area contributed by atoms with Crippen molar-refractivity contribution in [1.82, 2.24) is 20.3 Å². The summed E-state index contributed by atoms with van der Waals surface area (Å²) in [7, 11) is 0. The molecule has 0 saturated carbocycles. The van der Waals surface area contributed by atoms with E-state index < -0.39 is 0 Å². The van der Waals surface area contributed by atoms with Gasteiger partial charge in [0.25, 0.3) is 5.91 Å². The van der Waals surface area contributed by atoms with E-state index in [1.54, 1.807) is 4.90 Å². The van der Waals surface area contributed by atoms with E-state index >= 15 is 0 Å². The molecule has 0 unspecified atom stereocenters. The number of aromatic amines is 1. The fraction of sp³-hybridized carbons (Fsp3) is 0.556. The van der Waals surface area contributed by atoms with Crippen LogP contribution in [0.5, 0.6) is 0 Å². The number of hydrogen-bond donors (Lipinski definition) is 1. The monoisotopic (exact) mass is 207 g/mol. The van der Waals surface area contributed by atoms with Crippen LogP contribution in [-0.4, -0.2) is 38.8 Å². The lowest BCUT2D eigenvalue weighted by Gasteiger charge is -2.24. The maximum Gasteiger partial charge on any atom is 0.276 e. The first-order valence-electron chi connectivity index (χ1n) is 4.70. The molecule has 0 aromatic carbocycles. The number of nitrogens with one attached hydrogen (secondary N) is 1. The van der Waals surface area contributed by atoms with Crippen LogP contribution >= 0.6 is 0 Å². The van der Waals surface area contributed by atoms with E-state index in [0.29, 0.717) is 13.0 Å². The van der Waals surface area contributed by atoms with Gasteiger partial charge in [0.1, 0.15) is 0 Å². The zero-order chi connectivity index (χ0) is 11.3. The molecule has 0 radical (unpaired) electrons. The fourth-order valence-electron chi connectivity index (χ4n) is 1.22. The molecule has 15 heavy (non-hydrogen) atoms. The van der Waals surface area contributed by atoms with Crippen molar-refractivity contribution in [3.05, 3.63) is 11.9 Å². The third-order valence-corrected chi connectivity index (χ3v) is 1.98. The van der Waals surface area contributed by atoms with Crippen LogP contribution in [0.15, 0.2) is 6.20 Å². The Morgan fingerprint density at radius 2 is 2.47 bits per heavy atom. The molecule has 0 atom stereocenters. The molecule has 1 aromatic heterocycles. The van der Waals surface area contributed by atoms with Gasteiger partial charge in [0.2, 0.25) is 0 Å². The molecule has 1 rings (SSSR count). The van der Waals surface area contributed by atoms with Crippen molar-refractivity contribution in [3.8, 4) is 6.07 Å². The third-order valence-electron chi connectivity index (χ3n) is 1.98. The van der Waals surface area contributed by atoms with Crippen molar-refractivity contribution in [2.45, 2.75) is 26.3 Å². The van der Waals surface area contributed by atoms with Crippen LogP contribution < -0.4 is 0 Å². The molecule has 0 spiro atoms. The zero-order valence-electron chi connectivity index (χ0n) is 8.77. The summed E-state index contributed by atoms with van der Waals surface area (Å²) in [6.07, 6.45) is 1.70. The second-order valence-electron chi connectivity index (χ2n) is 3.36. The molecular weight excluding hydrogens is 194 g/mol. The quantitative estimate of drug-likeness (QED) is 0.782. The standard InChI is InChI=1S/C9H13N5O/c1-7(2)14(5-3-4-10)9(15)8-6-11-13-12-8/h6-7H,3,5H2,1-2H3,(H,11,12,13). The van der Waals surface area contributed by atoms with E-state index in [4.69, 9.17) is 5.26 Å². The Morgan fingerprint density at radius 3 is 2.93 bits per heavy atom. The summed E-state index contributed by atoms with van der Waals surface area (Å²) in [5.41, 5.74) is 0.279. The van der Waals surface area contributed by atoms with Crippen LogP contribution in [0, 0.1) is 11.3 Å². The maximum atomic E-state index is 11.8. The van der Waals surface area contributed by atoms with E-state index in [2.05, 4.69) is 15.4 Å². The van der Waals surface area contributed by atoms with Crippen LogP contribution in [0.2, 0.25) is 0 Å². The Balaban J connectivity index is 2.73. The Hall–Kier alpha value is -1.90. The first-order chi connectivity index (χ1) is 7.16. The Labute approximate surface area is 87.9 Å². The average Bonchev–Trinajstić information content (AvgIpc) is 2.70. The summed E-state index contributed by atoms with van der Waals surface area (Å²) in [5.74, 6) is -0.200. The van der Waals surface area contributed by atoms with Crippen LogP contribution in [0.3, 0.4) is 0 Å². The lowest BCUT2D eigenvalue weighted by atomic mass is 10.2. The van der Waals surface area contributed by atoms with Gasteiger partial charge in [0.05, 0.1) is 18.7 Å². The smallest absolute Gasteiger partial charge is 0.276 e. The van der Waals surface area contributed by atoms with Crippen molar-refractivity contribution in [1.29, 1.82) is 5.26 Å². The molecule has 1 heterocycles. The van der Waals surface area contributed by atoms with Crippen molar-refractivity contribution < 1.29 is 4.79 Å².